The van der Waals surface area contributed by atoms with E-state index in [1.54, 1.807) is 30.3 Å². The number of carbonyl (C=O) groups is 2. The Kier molecular flexibility index (Phi) is 5.55. The van der Waals surface area contributed by atoms with Crippen LogP contribution in [0.15, 0.2) is 59.0 Å². The highest BCUT2D eigenvalue weighted by molar-refractivity contribution is 5.96. The van der Waals surface area contributed by atoms with Crippen molar-refractivity contribution in [2.45, 2.75) is 18.4 Å². The van der Waals surface area contributed by atoms with Gasteiger partial charge in [-0.05, 0) is 62.3 Å². The number of amides is 1. The fourth-order valence-corrected chi connectivity index (χ4v) is 3.51. The van der Waals surface area contributed by atoms with E-state index in [1.807, 2.05) is 24.3 Å². The van der Waals surface area contributed by atoms with Crippen molar-refractivity contribution in [1.82, 2.24) is 10.6 Å². The van der Waals surface area contributed by atoms with Crippen molar-refractivity contribution in [1.29, 1.82) is 0 Å². The summed E-state index contributed by atoms with van der Waals surface area (Å²) >= 11 is 0. The number of hydrogen-bond acceptors (Lipinski definition) is 5. The van der Waals surface area contributed by atoms with E-state index in [4.69, 9.17) is 9.15 Å². The van der Waals surface area contributed by atoms with Gasteiger partial charge in [0.2, 0.25) is 0 Å². The topological polar surface area (TPSA) is 80.6 Å². The van der Waals surface area contributed by atoms with Gasteiger partial charge in [0.25, 0.3) is 5.91 Å². The van der Waals surface area contributed by atoms with Crippen molar-refractivity contribution in [3.63, 3.8) is 0 Å². The van der Waals surface area contributed by atoms with Crippen LogP contribution in [0, 0.1) is 11.8 Å². The number of esters is 1. The van der Waals surface area contributed by atoms with Gasteiger partial charge < -0.3 is 19.8 Å². The quantitative estimate of drug-likeness (QED) is 0.520. The van der Waals surface area contributed by atoms with Crippen molar-refractivity contribution in [2.75, 3.05) is 20.2 Å². The molecular formula is C24H22N2O4. The number of methoxy groups -OCH3 is 1. The summed E-state index contributed by atoms with van der Waals surface area (Å²) in [5.41, 5.74) is 1.26. The van der Waals surface area contributed by atoms with E-state index < -0.39 is 5.54 Å². The summed E-state index contributed by atoms with van der Waals surface area (Å²) in [5.74, 6) is 6.03. The zero-order valence-corrected chi connectivity index (χ0v) is 16.7. The van der Waals surface area contributed by atoms with Gasteiger partial charge in [0.05, 0.1) is 12.7 Å². The van der Waals surface area contributed by atoms with Crippen LogP contribution in [0.3, 0.4) is 0 Å². The van der Waals surface area contributed by atoms with Gasteiger partial charge in [0.15, 0.2) is 5.76 Å². The number of rotatable bonds is 3. The molecule has 0 saturated carbocycles. The molecule has 6 nitrogen and oxygen atoms in total. The van der Waals surface area contributed by atoms with Crippen molar-refractivity contribution in [3.05, 3.63) is 71.5 Å². The summed E-state index contributed by atoms with van der Waals surface area (Å²) in [6, 6.07) is 16.2. The highest BCUT2D eigenvalue weighted by atomic mass is 16.5. The summed E-state index contributed by atoms with van der Waals surface area (Å²) in [5, 5.41) is 7.29. The van der Waals surface area contributed by atoms with Crippen LogP contribution in [-0.2, 0) is 4.74 Å². The number of ether oxygens (including phenoxy) is 1. The number of nitrogens with one attached hydrogen (secondary N) is 2. The maximum absolute atomic E-state index is 12.9. The van der Waals surface area contributed by atoms with Crippen LogP contribution < -0.4 is 10.6 Å². The second kappa shape index (κ2) is 8.44. The monoisotopic (exact) mass is 402 g/mol. The SMILES string of the molecule is COC(=O)c1ccc(C#CC2(NC(=O)c3cc4ccccc4o3)CCNCC2)cc1. The number of para-hydroxylation sites is 1. The maximum Gasteiger partial charge on any atom is 0.337 e. The first-order valence-electron chi connectivity index (χ1n) is 9.82. The molecule has 2 aromatic carbocycles. The van der Waals surface area contributed by atoms with E-state index >= 15 is 0 Å². The van der Waals surface area contributed by atoms with Crippen LogP contribution in [0.2, 0.25) is 0 Å². The van der Waals surface area contributed by atoms with Gasteiger partial charge >= 0.3 is 5.97 Å². The van der Waals surface area contributed by atoms with Gasteiger partial charge in [-0.15, -0.1) is 0 Å². The third-order valence-electron chi connectivity index (χ3n) is 5.21. The molecule has 0 radical (unpaired) electrons. The summed E-state index contributed by atoms with van der Waals surface area (Å²) in [4.78, 5) is 24.5. The Balaban J connectivity index is 1.56. The molecule has 0 atom stereocenters. The van der Waals surface area contributed by atoms with E-state index in [9.17, 15) is 9.59 Å². The Bertz CT molecular complexity index is 1100. The minimum absolute atomic E-state index is 0.275. The molecule has 3 aromatic rings. The molecule has 30 heavy (non-hydrogen) atoms. The fraction of sp³-hybridized carbons (Fsp3) is 0.250. The van der Waals surface area contributed by atoms with Crippen LogP contribution in [0.5, 0.6) is 0 Å². The Morgan fingerprint density at radius 1 is 1.10 bits per heavy atom. The molecule has 2 N–H and O–H groups in total. The van der Waals surface area contributed by atoms with Gasteiger partial charge in [0.1, 0.15) is 11.1 Å². The lowest BCUT2D eigenvalue weighted by Gasteiger charge is -2.33. The molecule has 4 rings (SSSR count). The molecule has 2 heterocycles. The van der Waals surface area contributed by atoms with Crippen LogP contribution in [0.4, 0.5) is 0 Å². The lowest BCUT2D eigenvalue weighted by molar-refractivity contribution is 0.0600. The van der Waals surface area contributed by atoms with E-state index in [0.29, 0.717) is 24.0 Å². The third-order valence-corrected chi connectivity index (χ3v) is 5.21. The third kappa shape index (κ3) is 4.22. The zero-order valence-electron chi connectivity index (χ0n) is 16.7. The van der Waals surface area contributed by atoms with E-state index in [2.05, 4.69) is 22.5 Å². The average Bonchev–Trinajstić information content (AvgIpc) is 3.23. The summed E-state index contributed by atoms with van der Waals surface area (Å²) in [6.07, 6.45) is 1.37. The number of carbonyl (C=O) groups excluding carboxylic acids is 2. The summed E-state index contributed by atoms with van der Waals surface area (Å²) in [7, 11) is 1.35. The predicted octanol–water partition coefficient (Wildman–Crippen LogP) is 3.12. The molecule has 1 fully saturated rings. The second-order valence-electron chi connectivity index (χ2n) is 7.25. The number of furan rings is 1. The molecule has 6 heteroatoms. The minimum atomic E-state index is -0.650. The number of fused-ring (bicyclic) bond motifs is 1. The minimum Gasteiger partial charge on any atom is -0.465 e. The summed E-state index contributed by atoms with van der Waals surface area (Å²) in [6.45, 7) is 1.52. The molecule has 1 aliphatic heterocycles. The van der Waals surface area contributed by atoms with Gasteiger partial charge in [-0.3, -0.25) is 4.79 Å². The fourth-order valence-electron chi connectivity index (χ4n) is 3.51. The predicted molar refractivity (Wildman–Crippen MR) is 113 cm³/mol. The molecule has 0 aliphatic carbocycles. The van der Waals surface area contributed by atoms with Crippen molar-refractivity contribution < 1.29 is 18.7 Å². The molecule has 1 amide bonds. The lowest BCUT2D eigenvalue weighted by atomic mass is 9.88. The molecule has 1 saturated heterocycles. The van der Waals surface area contributed by atoms with Crippen molar-refractivity contribution >= 4 is 22.8 Å². The van der Waals surface area contributed by atoms with Crippen LogP contribution in [-0.4, -0.2) is 37.6 Å². The van der Waals surface area contributed by atoms with Crippen LogP contribution >= 0.6 is 0 Å². The van der Waals surface area contributed by atoms with E-state index in [1.165, 1.54) is 7.11 Å². The molecule has 1 aliphatic rings. The van der Waals surface area contributed by atoms with Crippen LogP contribution in [0.25, 0.3) is 11.0 Å². The Morgan fingerprint density at radius 3 is 2.53 bits per heavy atom. The Labute approximate surface area is 174 Å². The smallest absolute Gasteiger partial charge is 0.337 e. The molecule has 0 spiro atoms. The maximum atomic E-state index is 12.9. The Morgan fingerprint density at radius 2 is 1.83 bits per heavy atom. The molecule has 152 valence electrons. The van der Waals surface area contributed by atoms with E-state index in [0.717, 1.165) is 24.0 Å². The summed E-state index contributed by atoms with van der Waals surface area (Å²) < 4.78 is 10.4. The average molecular weight is 402 g/mol. The number of piperidine rings is 1. The second-order valence-corrected chi connectivity index (χ2v) is 7.25. The van der Waals surface area contributed by atoms with E-state index in [-0.39, 0.29) is 17.6 Å². The number of benzene rings is 2. The first kappa shape index (κ1) is 19.7. The molecular weight excluding hydrogens is 380 g/mol. The highest BCUT2D eigenvalue weighted by Gasteiger charge is 2.33. The van der Waals surface area contributed by atoms with Crippen molar-refractivity contribution in [2.24, 2.45) is 0 Å². The lowest BCUT2D eigenvalue weighted by Crippen LogP contribution is -2.53. The largest absolute Gasteiger partial charge is 0.465 e. The molecule has 0 unspecified atom stereocenters. The van der Waals surface area contributed by atoms with Gasteiger partial charge in [-0.1, -0.05) is 30.0 Å². The first-order valence-corrected chi connectivity index (χ1v) is 9.82. The van der Waals surface area contributed by atoms with Gasteiger partial charge in [0, 0.05) is 10.9 Å². The van der Waals surface area contributed by atoms with Gasteiger partial charge in [-0.25, -0.2) is 4.79 Å². The Hall–Kier alpha value is -3.56. The first-order chi connectivity index (χ1) is 14.6. The normalized spacial score (nSPS) is 15.1. The number of hydrogen-bond donors (Lipinski definition) is 2. The highest BCUT2D eigenvalue weighted by Crippen LogP contribution is 2.22. The van der Waals surface area contributed by atoms with Crippen LogP contribution in [0.1, 0.15) is 39.3 Å². The standard InChI is InChI=1S/C24H22N2O4/c1-29-23(28)18-8-6-17(7-9-18)10-11-24(12-14-25-15-13-24)26-22(27)21-16-19-4-2-3-5-20(19)30-21/h2-9,16,25H,12-15H2,1H3,(H,26,27). The zero-order chi connectivity index (χ0) is 21.0. The molecule has 0 bridgehead atoms. The van der Waals surface area contributed by atoms with Gasteiger partial charge in [-0.2, -0.15) is 0 Å². The van der Waals surface area contributed by atoms with Crippen molar-refractivity contribution in [3.8, 4) is 11.8 Å². The molecule has 1 aromatic heterocycles.